The van der Waals surface area contributed by atoms with Gasteiger partial charge in [0.25, 0.3) is 0 Å². The first-order chi connectivity index (χ1) is 16.2. The highest BCUT2D eigenvalue weighted by Gasteiger charge is 2.16. The Morgan fingerprint density at radius 3 is 2.61 bits per heavy atom. The van der Waals surface area contributed by atoms with Crippen LogP contribution in [-0.4, -0.2) is 19.8 Å². The predicted molar refractivity (Wildman–Crippen MR) is 129 cm³/mol. The topological polar surface area (TPSA) is 57.9 Å². The maximum atomic E-state index is 13.3. The molecule has 0 amide bonds. The minimum absolute atomic E-state index is 0.0850. The lowest BCUT2D eigenvalue weighted by Gasteiger charge is -2.18. The Kier molecular flexibility index (Phi) is 5.85. The molecule has 3 aromatic carbocycles. The summed E-state index contributed by atoms with van der Waals surface area (Å²) in [5.74, 6) is 2.05. The molecule has 33 heavy (non-hydrogen) atoms. The van der Waals surface area contributed by atoms with Crippen LogP contribution < -0.4 is 19.6 Å². The third-order valence-electron chi connectivity index (χ3n) is 5.63. The first kappa shape index (κ1) is 20.9. The molecule has 166 valence electrons. The molecule has 0 atom stereocenters. The molecule has 0 bridgehead atoms. The van der Waals surface area contributed by atoms with Gasteiger partial charge in [0.2, 0.25) is 5.43 Å². The van der Waals surface area contributed by atoms with Crippen molar-refractivity contribution in [2.24, 2.45) is 0 Å². The number of ether oxygens (including phenoxy) is 3. The summed E-state index contributed by atoms with van der Waals surface area (Å²) in [6.45, 7) is 3.48. The van der Waals surface area contributed by atoms with Crippen LogP contribution in [0.4, 0.5) is 0 Å². The maximum Gasteiger partial charge on any atom is 0.200 e. The Morgan fingerprint density at radius 2 is 1.79 bits per heavy atom. The van der Waals surface area contributed by atoms with Gasteiger partial charge in [-0.2, -0.15) is 0 Å². The fourth-order valence-electron chi connectivity index (χ4n) is 3.91. The molecule has 2 heterocycles. The zero-order valence-electron chi connectivity index (χ0n) is 18.4. The lowest BCUT2D eigenvalue weighted by atomic mass is 10.0. The SMILES string of the molecule is CCc1cc2c(=O)c(-c3ccc4c(c3)OCCO4)coc2cc1OC/C=C/c1ccccc1. The largest absolute Gasteiger partial charge is 0.489 e. The molecular weight excluding hydrogens is 416 g/mol. The van der Waals surface area contributed by atoms with Crippen molar-refractivity contribution in [3.63, 3.8) is 0 Å². The van der Waals surface area contributed by atoms with E-state index >= 15 is 0 Å². The van der Waals surface area contributed by atoms with Gasteiger partial charge in [-0.25, -0.2) is 0 Å². The first-order valence-electron chi connectivity index (χ1n) is 11.1. The van der Waals surface area contributed by atoms with Gasteiger partial charge in [0.05, 0.1) is 10.9 Å². The van der Waals surface area contributed by atoms with E-state index < -0.39 is 0 Å². The average Bonchev–Trinajstić information content (AvgIpc) is 2.87. The number of benzene rings is 3. The molecule has 5 nitrogen and oxygen atoms in total. The fraction of sp³-hybridized carbons (Fsp3) is 0.179. The van der Waals surface area contributed by atoms with Gasteiger partial charge in [0.1, 0.15) is 37.4 Å². The van der Waals surface area contributed by atoms with E-state index in [0.717, 1.165) is 28.9 Å². The summed E-state index contributed by atoms with van der Waals surface area (Å²) in [7, 11) is 0. The molecule has 0 fully saturated rings. The van der Waals surface area contributed by atoms with Gasteiger partial charge < -0.3 is 18.6 Å². The number of fused-ring (bicyclic) bond motifs is 2. The first-order valence-corrected chi connectivity index (χ1v) is 11.1. The summed E-state index contributed by atoms with van der Waals surface area (Å²) in [6, 6.07) is 19.2. The van der Waals surface area contributed by atoms with Gasteiger partial charge in [-0.1, -0.05) is 49.4 Å². The van der Waals surface area contributed by atoms with E-state index in [-0.39, 0.29) is 5.43 Å². The molecule has 0 aliphatic carbocycles. The Bertz CT molecular complexity index is 1370. The third kappa shape index (κ3) is 4.35. The Morgan fingerprint density at radius 1 is 0.970 bits per heavy atom. The van der Waals surface area contributed by atoms with Crippen LogP contribution in [0, 0.1) is 0 Å². The zero-order chi connectivity index (χ0) is 22.6. The third-order valence-corrected chi connectivity index (χ3v) is 5.63. The van der Waals surface area contributed by atoms with E-state index in [9.17, 15) is 4.79 Å². The van der Waals surface area contributed by atoms with Crippen molar-refractivity contribution < 1.29 is 18.6 Å². The lowest BCUT2D eigenvalue weighted by Crippen LogP contribution is -2.15. The van der Waals surface area contributed by atoms with Gasteiger partial charge >= 0.3 is 0 Å². The Labute approximate surface area is 191 Å². The van der Waals surface area contributed by atoms with Crippen molar-refractivity contribution in [2.75, 3.05) is 19.8 Å². The highest BCUT2D eigenvalue weighted by molar-refractivity contribution is 5.84. The molecular formula is C28H24O5. The van der Waals surface area contributed by atoms with Crippen LogP contribution in [0.3, 0.4) is 0 Å². The molecule has 1 aliphatic rings. The zero-order valence-corrected chi connectivity index (χ0v) is 18.4. The second kappa shape index (κ2) is 9.25. The summed E-state index contributed by atoms with van der Waals surface area (Å²) in [5, 5.41) is 0.534. The quantitative estimate of drug-likeness (QED) is 0.374. The molecule has 0 radical (unpaired) electrons. The van der Waals surface area contributed by atoms with Crippen LogP contribution in [0.2, 0.25) is 0 Å². The van der Waals surface area contributed by atoms with Gasteiger partial charge in [0, 0.05) is 6.07 Å². The minimum Gasteiger partial charge on any atom is -0.489 e. The summed E-state index contributed by atoms with van der Waals surface area (Å²) in [6.07, 6.45) is 6.23. The highest BCUT2D eigenvalue weighted by atomic mass is 16.6. The van der Waals surface area contributed by atoms with Crippen molar-refractivity contribution in [3.8, 4) is 28.4 Å². The predicted octanol–water partition coefficient (Wildman–Crippen LogP) is 5.89. The Balaban J connectivity index is 1.43. The molecule has 1 aliphatic heterocycles. The number of aryl methyl sites for hydroxylation is 1. The molecule has 0 spiro atoms. The second-order valence-corrected chi connectivity index (χ2v) is 7.77. The van der Waals surface area contributed by atoms with Crippen molar-refractivity contribution in [3.05, 3.63) is 94.4 Å². The van der Waals surface area contributed by atoms with E-state index in [4.69, 9.17) is 18.6 Å². The van der Waals surface area contributed by atoms with E-state index in [1.54, 1.807) is 6.07 Å². The van der Waals surface area contributed by atoms with E-state index in [1.165, 1.54) is 6.26 Å². The van der Waals surface area contributed by atoms with Gasteiger partial charge in [-0.15, -0.1) is 0 Å². The minimum atomic E-state index is -0.0850. The van der Waals surface area contributed by atoms with Crippen LogP contribution in [0.5, 0.6) is 17.2 Å². The average molecular weight is 440 g/mol. The van der Waals surface area contributed by atoms with Crippen molar-refractivity contribution in [1.82, 2.24) is 0 Å². The van der Waals surface area contributed by atoms with Crippen LogP contribution >= 0.6 is 0 Å². The molecule has 1 aromatic heterocycles. The normalized spacial score (nSPS) is 12.9. The maximum absolute atomic E-state index is 13.3. The molecule has 0 saturated carbocycles. The van der Waals surface area contributed by atoms with E-state index in [2.05, 4.69) is 0 Å². The smallest absolute Gasteiger partial charge is 0.200 e. The number of rotatable bonds is 6. The monoisotopic (exact) mass is 440 g/mol. The summed E-state index contributed by atoms with van der Waals surface area (Å²) >= 11 is 0. The van der Waals surface area contributed by atoms with Crippen LogP contribution in [-0.2, 0) is 6.42 Å². The van der Waals surface area contributed by atoms with Crippen molar-refractivity contribution >= 4 is 17.0 Å². The van der Waals surface area contributed by atoms with E-state index in [0.29, 0.717) is 47.9 Å². The lowest BCUT2D eigenvalue weighted by molar-refractivity contribution is 0.171. The van der Waals surface area contributed by atoms with Gasteiger partial charge in [-0.05, 0) is 47.4 Å². The highest BCUT2D eigenvalue weighted by Crippen LogP contribution is 2.34. The van der Waals surface area contributed by atoms with Crippen molar-refractivity contribution in [2.45, 2.75) is 13.3 Å². The molecule has 0 unspecified atom stereocenters. The molecule has 5 heteroatoms. The van der Waals surface area contributed by atoms with Crippen molar-refractivity contribution in [1.29, 1.82) is 0 Å². The van der Waals surface area contributed by atoms with E-state index in [1.807, 2.05) is 73.7 Å². The van der Waals surface area contributed by atoms with Crippen LogP contribution in [0.25, 0.3) is 28.2 Å². The fourth-order valence-corrected chi connectivity index (χ4v) is 3.91. The molecule has 0 saturated heterocycles. The molecule has 5 rings (SSSR count). The summed E-state index contributed by atoms with van der Waals surface area (Å²) in [5.41, 5.74) is 3.72. The summed E-state index contributed by atoms with van der Waals surface area (Å²) in [4.78, 5) is 13.3. The standard InChI is InChI=1S/C28H24O5/c1-2-20-15-22-26(17-25(20)30-12-6-9-19-7-4-3-5-8-19)33-18-23(28(22)29)21-10-11-24-27(16-21)32-14-13-31-24/h3-11,15-18H,2,12-14H2,1H3/b9-6+. The molecule has 0 N–H and O–H groups in total. The van der Waals surface area contributed by atoms with Crippen LogP contribution in [0.15, 0.2) is 82.2 Å². The summed E-state index contributed by atoms with van der Waals surface area (Å²) < 4.78 is 23.1. The number of hydrogen-bond donors (Lipinski definition) is 0. The Hall–Kier alpha value is -3.99. The molecule has 4 aromatic rings. The second-order valence-electron chi connectivity index (χ2n) is 7.77. The number of hydrogen-bond acceptors (Lipinski definition) is 5. The van der Waals surface area contributed by atoms with Gasteiger partial charge in [0.15, 0.2) is 11.5 Å². The van der Waals surface area contributed by atoms with Crippen LogP contribution in [0.1, 0.15) is 18.1 Å². The van der Waals surface area contributed by atoms with Gasteiger partial charge in [-0.3, -0.25) is 4.79 Å².